The van der Waals surface area contributed by atoms with Crippen LogP contribution in [0.3, 0.4) is 0 Å². The molecule has 0 atom stereocenters. The lowest BCUT2D eigenvalue weighted by Gasteiger charge is -2.10. The Hall–Kier alpha value is -2.78. The van der Waals surface area contributed by atoms with Crippen LogP contribution in [0.5, 0.6) is 5.75 Å². The number of hydrogen-bond acceptors (Lipinski definition) is 4. The molecular weight excluding hydrogens is 301 g/mol. The minimum atomic E-state index is -4.72. The van der Waals surface area contributed by atoms with Gasteiger partial charge < -0.3 is 20.4 Å². The van der Waals surface area contributed by atoms with Gasteiger partial charge in [-0.05, 0) is 24.3 Å². The third-order valence-corrected chi connectivity index (χ3v) is 2.56. The fourth-order valence-electron chi connectivity index (χ4n) is 1.53. The van der Waals surface area contributed by atoms with Crippen molar-refractivity contribution in [1.29, 1.82) is 0 Å². The van der Waals surface area contributed by atoms with Gasteiger partial charge in [0.25, 0.3) is 0 Å². The quantitative estimate of drug-likeness (QED) is 0.661. The maximum absolute atomic E-state index is 12.0. The molecule has 2 aromatic rings. The lowest BCUT2D eigenvalue weighted by atomic mass is 10.3. The van der Waals surface area contributed by atoms with Gasteiger partial charge in [0.15, 0.2) is 11.8 Å². The average Bonchev–Trinajstić information content (AvgIpc) is 2.83. The highest BCUT2D eigenvalue weighted by Crippen LogP contribution is 2.23. The van der Waals surface area contributed by atoms with E-state index in [4.69, 9.17) is 5.73 Å². The summed E-state index contributed by atoms with van der Waals surface area (Å²) in [6.45, 7) is 0.227. The normalized spacial score (nSPS) is 12.3. The first-order chi connectivity index (χ1) is 10.3. The predicted molar refractivity (Wildman–Crippen MR) is 73.1 cm³/mol. The van der Waals surface area contributed by atoms with E-state index in [1.54, 1.807) is 11.6 Å². The molecule has 0 fully saturated rings. The third-order valence-electron chi connectivity index (χ3n) is 2.56. The van der Waals surface area contributed by atoms with E-state index >= 15 is 0 Å². The summed E-state index contributed by atoms with van der Waals surface area (Å²) >= 11 is 0. The van der Waals surface area contributed by atoms with Crippen LogP contribution >= 0.6 is 0 Å². The summed E-state index contributed by atoms with van der Waals surface area (Å²) in [4.78, 5) is 4.05. The van der Waals surface area contributed by atoms with E-state index in [0.29, 0.717) is 11.5 Å². The molecule has 0 bridgehead atoms. The first kappa shape index (κ1) is 15.6. The molecule has 3 N–H and O–H groups in total. The molecule has 0 aliphatic heterocycles. The predicted octanol–water partition coefficient (Wildman–Crippen LogP) is 1.64. The Bertz CT molecular complexity index is 650. The van der Waals surface area contributed by atoms with Gasteiger partial charge in [0, 0.05) is 12.7 Å². The Morgan fingerprint density at radius 1 is 1.36 bits per heavy atom. The molecule has 1 aromatic carbocycles. The Kier molecular flexibility index (Phi) is 4.49. The molecule has 0 aliphatic rings. The number of aromatic nitrogens is 3. The van der Waals surface area contributed by atoms with E-state index in [-0.39, 0.29) is 18.3 Å². The lowest BCUT2D eigenvalue weighted by Crippen LogP contribution is -2.23. The maximum atomic E-state index is 12.0. The second kappa shape index (κ2) is 6.33. The smallest absolute Gasteiger partial charge is 0.406 e. The van der Waals surface area contributed by atoms with E-state index < -0.39 is 6.36 Å². The molecule has 22 heavy (non-hydrogen) atoms. The highest BCUT2D eigenvalue weighted by atomic mass is 19.4. The third kappa shape index (κ3) is 4.65. The van der Waals surface area contributed by atoms with Crippen molar-refractivity contribution in [3.05, 3.63) is 36.4 Å². The minimum absolute atomic E-state index is 0.104. The van der Waals surface area contributed by atoms with Gasteiger partial charge in [-0.3, -0.25) is 0 Å². The maximum Gasteiger partial charge on any atom is 0.573 e. The number of nitrogens with two attached hydrogens (primary N) is 1. The molecule has 0 unspecified atom stereocenters. The van der Waals surface area contributed by atoms with Crippen LogP contribution in [0.1, 0.15) is 5.82 Å². The van der Waals surface area contributed by atoms with Crippen LogP contribution in [-0.4, -0.2) is 27.1 Å². The zero-order valence-corrected chi connectivity index (χ0v) is 11.5. The van der Waals surface area contributed by atoms with Crippen molar-refractivity contribution >= 4 is 11.6 Å². The van der Waals surface area contributed by atoms with Crippen molar-refractivity contribution in [1.82, 2.24) is 14.8 Å². The number of halogens is 3. The molecule has 118 valence electrons. The largest absolute Gasteiger partial charge is 0.573 e. The van der Waals surface area contributed by atoms with E-state index in [2.05, 4.69) is 25.2 Å². The summed E-state index contributed by atoms with van der Waals surface area (Å²) < 4.78 is 41.5. The highest BCUT2D eigenvalue weighted by Gasteiger charge is 2.30. The van der Waals surface area contributed by atoms with Crippen molar-refractivity contribution in [3.63, 3.8) is 0 Å². The van der Waals surface area contributed by atoms with Gasteiger partial charge in [-0.15, -0.1) is 23.4 Å². The Labute approximate surface area is 123 Å². The number of hydrogen-bond donors (Lipinski definition) is 2. The highest BCUT2D eigenvalue weighted by molar-refractivity contribution is 5.92. The Morgan fingerprint density at radius 2 is 2.05 bits per heavy atom. The van der Waals surface area contributed by atoms with Gasteiger partial charge >= 0.3 is 6.36 Å². The van der Waals surface area contributed by atoms with E-state index in [0.717, 1.165) is 0 Å². The van der Waals surface area contributed by atoms with Crippen LogP contribution in [0.25, 0.3) is 0 Å². The number of aliphatic imine (C=N–C) groups is 1. The summed E-state index contributed by atoms with van der Waals surface area (Å²) in [5, 5.41) is 10.3. The van der Waals surface area contributed by atoms with E-state index in [9.17, 15) is 13.2 Å². The second-order valence-corrected chi connectivity index (χ2v) is 4.26. The Morgan fingerprint density at radius 3 is 2.59 bits per heavy atom. The summed E-state index contributed by atoms with van der Waals surface area (Å²) in [5.74, 6) is 0.416. The summed E-state index contributed by atoms with van der Waals surface area (Å²) in [5.41, 5.74) is 6.16. The molecule has 0 aliphatic carbocycles. The van der Waals surface area contributed by atoms with Crippen LogP contribution < -0.4 is 15.8 Å². The number of benzene rings is 1. The molecule has 1 heterocycles. The topological polar surface area (TPSA) is 90.4 Å². The number of guanidine groups is 1. The summed E-state index contributed by atoms with van der Waals surface area (Å²) in [7, 11) is 1.77. The fourth-order valence-corrected chi connectivity index (χ4v) is 1.53. The first-order valence-corrected chi connectivity index (χ1v) is 6.09. The number of nitrogens with zero attached hydrogens (tertiary/aromatic N) is 4. The SMILES string of the molecule is Cn1cnnc1CN=C(N)Nc1ccc(OC(F)(F)F)cc1. The number of ether oxygens (including phenoxy) is 1. The molecule has 2 rings (SSSR count). The molecular formula is C12H13F3N6O. The monoisotopic (exact) mass is 314 g/mol. The molecule has 0 saturated heterocycles. The fraction of sp³-hybridized carbons (Fsp3) is 0.250. The van der Waals surface area contributed by atoms with Crippen molar-refractivity contribution in [3.8, 4) is 5.75 Å². The first-order valence-electron chi connectivity index (χ1n) is 6.09. The van der Waals surface area contributed by atoms with Gasteiger partial charge in [-0.1, -0.05) is 0 Å². The minimum Gasteiger partial charge on any atom is -0.406 e. The van der Waals surface area contributed by atoms with Crippen LogP contribution in [0.15, 0.2) is 35.6 Å². The van der Waals surface area contributed by atoms with Gasteiger partial charge in [0.05, 0.1) is 0 Å². The number of nitrogens with one attached hydrogen (secondary N) is 1. The Balaban J connectivity index is 1.94. The molecule has 1 aromatic heterocycles. The second-order valence-electron chi connectivity index (χ2n) is 4.26. The number of alkyl halides is 3. The average molecular weight is 314 g/mol. The summed E-state index contributed by atoms with van der Waals surface area (Å²) in [6, 6.07) is 5.13. The van der Waals surface area contributed by atoms with Gasteiger partial charge in [0.1, 0.15) is 18.6 Å². The van der Waals surface area contributed by atoms with Crippen LogP contribution in [0.2, 0.25) is 0 Å². The zero-order valence-electron chi connectivity index (χ0n) is 11.5. The van der Waals surface area contributed by atoms with E-state index in [1.807, 2.05) is 0 Å². The van der Waals surface area contributed by atoms with Crippen molar-refractivity contribution in [2.45, 2.75) is 12.9 Å². The van der Waals surface area contributed by atoms with E-state index in [1.165, 1.54) is 30.6 Å². The molecule has 10 heteroatoms. The molecule has 7 nitrogen and oxygen atoms in total. The summed E-state index contributed by atoms with van der Waals surface area (Å²) in [6.07, 6.45) is -3.18. The van der Waals surface area contributed by atoms with Crippen molar-refractivity contribution in [2.75, 3.05) is 5.32 Å². The molecule has 0 spiro atoms. The van der Waals surface area contributed by atoms with Gasteiger partial charge in [0.2, 0.25) is 0 Å². The van der Waals surface area contributed by atoms with Gasteiger partial charge in [-0.2, -0.15) is 0 Å². The van der Waals surface area contributed by atoms with Crippen LogP contribution in [0, 0.1) is 0 Å². The van der Waals surface area contributed by atoms with Crippen LogP contribution in [-0.2, 0) is 13.6 Å². The molecule has 0 saturated carbocycles. The number of rotatable bonds is 4. The zero-order chi connectivity index (χ0) is 16.2. The van der Waals surface area contributed by atoms with Crippen LogP contribution in [0.4, 0.5) is 18.9 Å². The van der Waals surface area contributed by atoms with Crippen molar-refractivity contribution < 1.29 is 17.9 Å². The molecule has 0 amide bonds. The van der Waals surface area contributed by atoms with Crippen molar-refractivity contribution in [2.24, 2.45) is 17.8 Å². The number of anilines is 1. The molecule has 0 radical (unpaired) electrons. The van der Waals surface area contributed by atoms with Gasteiger partial charge in [-0.25, -0.2) is 4.99 Å². The standard InChI is InChI=1S/C12H13F3N6O/c1-21-7-18-20-10(21)6-17-11(16)19-8-2-4-9(5-3-8)22-12(13,14)15/h2-5,7H,6H2,1H3,(H3,16,17,19). The lowest BCUT2D eigenvalue weighted by molar-refractivity contribution is -0.274. The number of aryl methyl sites for hydroxylation is 1.